The van der Waals surface area contributed by atoms with Crippen LogP contribution in [0.15, 0.2) is 12.1 Å². The fourth-order valence-corrected chi connectivity index (χ4v) is 2.37. The lowest BCUT2D eigenvalue weighted by molar-refractivity contribution is -0.385. The molecule has 2 heterocycles. The van der Waals surface area contributed by atoms with Crippen LogP contribution >= 0.6 is 0 Å². The molecule has 1 amide bonds. The lowest BCUT2D eigenvalue weighted by Crippen LogP contribution is -2.42. The Morgan fingerprint density at radius 1 is 1.41 bits per heavy atom. The topological polar surface area (TPSA) is 72.7 Å². The summed E-state index contributed by atoms with van der Waals surface area (Å²) >= 11 is 0. The molecule has 2 aliphatic heterocycles. The first kappa shape index (κ1) is 10.1. The molecule has 0 unspecified atom stereocenters. The molecule has 0 radical (unpaired) electrons. The predicted octanol–water partition coefficient (Wildman–Crippen LogP) is 1.27. The molecule has 0 N–H and O–H groups in total. The van der Waals surface area contributed by atoms with E-state index in [0.29, 0.717) is 12.3 Å². The van der Waals surface area contributed by atoms with Crippen molar-refractivity contribution in [3.05, 3.63) is 27.8 Å². The van der Waals surface area contributed by atoms with Gasteiger partial charge in [0.25, 0.3) is 11.6 Å². The van der Waals surface area contributed by atoms with E-state index in [1.165, 1.54) is 12.1 Å². The number of ether oxygens (including phenoxy) is 1. The van der Waals surface area contributed by atoms with Gasteiger partial charge in [0.15, 0.2) is 12.4 Å². The SMILES string of the molecule is O=C1COc2cc([N+](=O)[O-])cc3c2N1CCC3. The largest absolute Gasteiger partial charge is 0.481 e. The van der Waals surface area contributed by atoms with E-state index in [-0.39, 0.29) is 18.2 Å². The van der Waals surface area contributed by atoms with E-state index in [4.69, 9.17) is 4.74 Å². The molecule has 6 nitrogen and oxygen atoms in total. The lowest BCUT2D eigenvalue weighted by Gasteiger charge is -2.34. The van der Waals surface area contributed by atoms with E-state index in [9.17, 15) is 14.9 Å². The third-order valence-electron chi connectivity index (χ3n) is 3.10. The van der Waals surface area contributed by atoms with Gasteiger partial charge in [0, 0.05) is 12.6 Å². The number of carbonyl (C=O) groups is 1. The molecule has 0 saturated carbocycles. The summed E-state index contributed by atoms with van der Waals surface area (Å²) in [4.78, 5) is 23.7. The molecule has 17 heavy (non-hydrogen) atoms. The molecule has 0 fully saturated rings. The number of amides is 1. The van der Waals surface area contributed by atoms with Gasteiger partial charge in [-0.1, -0.05) is 0 Å². The van der Waals surface area contributed by atoms with Gasteiger partial charge in [0.1, 0.15) is 0 Å². The second-order valence-corrected chi connectivity index (χ2v) is 4.15. The van der Waals surface area contributed by atoms with E-state index in [1.807, 2.05) is 0 Å². The average Bonchev–Trinajstić information content (AvgIpc) is 2.33. The van der Waals surface area contributed by atoms with Crippen LogP contribution in [-0.4, -0.2) is 24.0 Å². The third kappa shape index (κ3) is 1.44. The van der Waals surface area contributed by atoms with Crippen molar-refractivity contribution < 1.29 is 14.5 Å². The maximum Gasteiger partial charge on any atom is 0.273 e. The van der Waals surface area contributed by atoms with Gasteiger partial charge in [-0.2, -0.15) is 0 Å². The van der Waals surface area contributed by atoms with Crippen molar-refractivity contribution in [3.63, 3.8) is 0 Å². The lowest BCUT2D eigenvalue weighted by atomic mass is 9.99. The molecule has 3 rings (SSSR count). The highest BCUT2D eigenvalue weighted by Crippen LogP contribution is 2.41. The van der Waals surface area contributed by atoms with Gasteiger partial charge in [-0.05, 0) is 18.4 Å². The molecule has 1 aromatic carbocycles. The molecule has 2 aliphatic rings. The molecule has 1 aromatic rings. The van der Waals surface area contributed by atoms with Gasteiger partial charge < -0.3 is 9.64 Å². The molecular formula is C11H10N2O4. The maximum atomic E-state index is 11.7. The monoisotopic (exact) mass is 234 g/mol. The summed E-state index contributed by atoms with van der Waals surface area (Å²) in [6, 6.07) is 2.93. The molecule has 0 aromatic heterocycles. The number of hydrogen-bond donors (Lipinski definition) is 0. The summed E-state index contributed by atoms with van der Waals surface area (Å²) in [5, 5.41) is 10.8. The molecule has 6 heteroatoms. The number of nitro benzene ring substituents is 1. The van der Waals surface area contributed by atoms with Crippen LogP contribution in [0.2, 0.25) is 0 Å². The van der Waals surface area contributed by atoms with Gasteiger partial charge in [-0.3, -0.25) is 14.9 Å². The molecule has 88 valence electrons. The minimum Gasteiger partial charge on any atom is -0.481 e. The Balaban J connectivity index is 2.20. The average molecular weight is 234 g/mol. The van der Waals surface area contributed by atoms with Crippen molar-refractivity contribution in [2.45, 2.75) is 12.8 Å². The Bertz CT molecular complexity index is 509. The molecular weight excluding hydrogens is 224 g/mol. The number of nitrogens with zero attached hydrogens (tertiary/aromatic N) is 2. The van der Waals surface area contributed by atoms with Crippen molar-refractivity contribution in [2.75, 3.05) is 18.1 Å². The molecule has 0 bridgehead atoms. The molecule has 0 saturated heterocycles. The highest BCUT2D eigenvalue weighted by Gasteiger charge is 2.32. The number of nitro groups is 1. The van der Waals surface area contributed by atoms with E-state index < -0.39 is 4.92 Å². The van der Waals surface area contributed by atoms with Gasteiger partial charge in [0.2, 0.25) is 0 Å². The first-order valence-electron chi connectivity index (χ1n) is 5.41. The number of aryl methyl sites for hydroxylation is 1. The van der Waals surface area contributed by atoms with Gasteiger partial charge >= 0.3 is 0 Å². The first-order valence-corrected chi connectivity index (χ1v) is 5.41. The van der Waals surface area contributed by atoms with Crippen LogP contribution in [0.25, 0.3) is 0 Å². The zero-order chi connectivity index (χ0) is 12.0. The van der Waals surface area contributed by atoms with Crippen molar-refractivity contribution >= 4 is 17.3 Å². The Labute approximate surface area is 96.9 Å². The number of non-ortho nitro benzene ring substituents is 1. The van der Waals surface area contributed by atoms with Gasteiger partial charge in [0.05, 0.1) is 16.7 Å². The van der Waals surface area contributed by atoms with E-state index in [2.05, 4.69) is 0 Å². The third-order valence-corrected chi connectivity index (χ3v) is 3.10. The summed E-state index contributed by atoms with van der Waals surface area (Å²) in [6.45, 7) is 0.633. The quantitative estimate of drug-likeness (QED) is 0.541. The maximum absolute atomic E-state index is 11.7. The van der Waals surface area contributed by atoms with Crippen LogP contribution in [0.5, 0.6) is 5.75 Å². The number of anilines is 1. The number of rotatable bonds is 1. The fourth-order valence-electron chi connectivity index (χ4n) is 2.37. The van der Waals surface area contributed by atoms with Crippen LogP contribution in [-0.2, 0) is 11.2 Å². The van der Waals surface area contributed by atoms with Crippen LogP contribution in [0.4, 0.5) is 11.4 Å². The molecule has 0 spiro atoms. The summed E-state index contributed by atoms with van der Waals surface area (Å²) in [6.07, 6.45) is 1.58. The molecule has 0 aliphatic carbocycles. The summed E-state index contributed by atoms with van der Waals surface area (Å²) < 4.78 is 5.28. The van der Waals surface area contributed by atoms with Crippen molar-refractivity contribution in [2.24, 2.45) is 0 Å². The second-order valence-electron chi connectivity index (χ2n) is 4.15. The number of carbonyl (C=O) groups excluding carboxylic acids is 1. The van der Waals surface area contributed by atoms with Crippen molar-refractivity contribution in [3.8, 4) is 5.75 Å². The molecule has 0 atom stereocenters. The van der Waals surface area contributed by atoms with Crippen molar-refractivity contribution in [1.82, 2.24) is 0 Å². The summed E-state index contributed by atoms with van der Waals surface area (Å²) in [5.74, 6) is 0.376. The minimum atomic E-state index is -0.435. The van der Waals surface area contributed by atoms with E-state index in [1.54, 1.807) is 4.90 Å². The van der Waals surface area contributed by atoms with Crippen LogP contribution in [0.1, 0.15) is 12.0 Å². The van der Waals surface area contributed by atoms with E-state index >= 15 is 0 Å². The van der Waals surface area contributed by atoms with Gasteiger partial charge in [-0.25, -0.2) is 0 Å². The summed E-state index contributed by atoms with van der Waals surface area (Å²) in [5.41, 5.74) is 1.57. The van der Waals surface area contributed by atoms with Crippen molar-refractivity contribution in [1.29, 1.82) is 0 Å². The predicted molar refractivity (Wildman–Crippen MR) is 59.3 cm³/mol. The Morgan fingerprint density at radius 3 is 3.00 bits per heavy atom. The van der Waals surface area contributed by atoms with Crippen LogP contribution in [0.3, 0.4) is 0 Å². The fraction of sp³-hybridized carbons (Fsp3) is 0.364. The Kier molecular flexibility index (Phi) is 2.04. The highest BCUT2D eigenvalue weighted by molar-refractivity contribution is 5.99. The standard InChI is InChI=1S/C11H10N2O4/c14-10-6-17-9-5-8(13(15)16)4-7-2-1-3-12(10)11(7)9/h4-5H,1-3,6H2. The number of hydrogen-bond acceptors (Lipinski definition) is 4. The smallest absolute Gasteiger partial charge is 0.273 e. The first-order chi connectivity index (χ1) is 8.16. The zero-order valence-corrected chi connectivity index (χ0v) is 9.01. The highest BCUT2D eigenvalue weighted by atomic mass is 16.6. The second kappa shape index (κ2) is 3.44. The normalized spacial score (nSPS) is 17.4. The van der Waals surface area contributed by atoms with E-state index in [0.717, 1.165) is 24.1 Å². The van der Waals surface area contributed by atoms with Gasteiger partial charge in [-0.15, -0.1) is 0 Å². The summed E-state index contributed by atoms with van der Waals surface area (Å²) in [7, 11) is 0. The number of benzene rings is 1. The Morgan fingerprint density at radius 2 is 2.24 bits per heavy atom. The Hall–Kier alpha value is -2.11. The minimum absolute atomic E-state index is 0.0231. The zero-order valence-electron chi connectivity index (χ0n) is 9.01. The van der Waals surface area contributed by atoms with Crippen LogP contribution in [0, 0.1) is 10.1 Å². The van der Waals surface area contributed by atoms with Crippen LogP contribution < -0.4 is 9.64 Å².